The van der Waals surface area contributed by atoms with Crippen molar-refractivity contribution in [2.24, 2.45) is 5.73 Å². The standard InChI is InChI=1S/C10H12BrN3O3S2/c1-19(15,16)3-2-7(12)10-13-9(14-17-10)8-4-6(11)5-18-8/h4-5,7H,2-3,12H2,1H3. The van der Waals surface area contributed by atoms with Crippen LogP contribution in [-0.2, 0) is 9.84 Å². The Balaban J connectivity index is 2.08. The second kappa shape index (κ2) is 5.70. The predicted octanol–water partition coefficient (Wildman–Crippen LogP) is 2.00. The van der Waals surface area contributed by atoms with Gasteiger partial charge in [-0.25, -0.2) is 8.42 Å². The summed E-state index contributed by atoms with van der Waals surface area (Å²) in [4.78, 5) is 5.04. The first-order valence-electron chi connectivity index (χ1n) is 5.36. The molecule has 0 fully saturated rings. The highest BCUT2D eigenvalue weighted by atomic mass is 79.9. The van der Waals surface area contributed by atoms with E-state index in [1.54, 1.807) is 0 Å². The van der Waals surface area contributed by atoms with Crippen molar-refractivity contribution in [3.63, 3.8) is 0 Å². The lowest BCUT2D eigenvalue weighted by molar-refractivity contribution is 0.352. The number of sulfone groups is 1. The Hall–Kier alpha value is -0.770. The first-order chi connectivity index (χ1) is 8.85. The number of nitrogens with two attached hydrogens (primary N) is 1. The van der Waals surface area contributed by atoms with E-state index in [0.29, 0.717) is 5.82 Å². The molecule has 1 unspecified atom stereocenters. The lowest BCUT2D eigenvalue weighted by Crippen LogP contribution is -2.15. The maximum atomic E-state index is 11.1. The third kappa shape index (κ3) is 4.10. The van der Waals surface area contributed by atoms with E-state index in [9.17, 15) is 8.42 Å². The van der Waals surface area contributed by atoms with Crippen molar-refractivity contribution in [3.05, 3.63) is 21.8 Å². The van der Waals surface area contributed by atoms with Crippen LogP contribution in [-0.4, -0.2) is 30.6 Å². The minimum atomic E-state index is -3.04. The number of hydrogen-bond acceptors (Lipinski definition) is 7. The molecule has 104 valence electrons. The zero-order chi connectivity index (χ0) is 14.0. The molecule has 0 bridgehead atoms. The topological polar surface area (TPSA) is 99.1 Å². The highest BCUT2D eigenvalue weighted by Crippen LogP contribution is 2.28. The summed E-state index contributed by atoms with van der Waals surface area (Å²) >= 11 is 4.82. The Morgan fingerprint density at radius 1 is 1.58 bits per heavy atom. The van der Waals surface area contributed by atoms with Crippen molar-refractivity contribution in [2.45, 2.75) is 12.5 Å². The average Bonchev–Trinajstić information content (AvgIpc) is 2.93. The average molecular weight is 366 g/mol. The van der Waals surface area contributed by atoms with Crippen LogP contribution in [0.1, 0.15) is 18.4 Å². The zero-order valence-corrected chi connectivity index (χ0v) is 13.3. The van der Waals surface area contributed by atoms with Gasteiger partial charge in [0.05, 0.1) is 16.7 Å². The fraction of sp³-hybridized carbons (Fsp3) is 0.400. The maximum absolute atomic E-state index is 11.1. The summed E-state index contributed by atoms with van der Waals surface area (Å²) < 4.78 is 28.2. The number of hydrogen-bond donors (Lipinski definition) is 1. The van der Waals surface area contributed by atoms with E-state index in [2.05, 4.69) is 26.1 Å². The molecule has 0 amide bonds. The van der Waals surface area contributed by atoms with Gasteiger partial charge in [0.25, 0.3) is 0 Å². The van der Waals surface area contributed by atoms with Gasteiger partial charge in [0.1, 0.15) is 9.84 Å². The van der Waals surface area contributed by atoms with E-state index in [1.165, 1.54) is 17.6 Å². The van der Waals surface area contributed by atoms with E-state index in [-0.39, 0.29) is 18.1 Å². The molecule has 2 aromatic rings. The lowest BCUT2D eigenvalue weighted by atomic mass is 10.2. The number of rotatable bonds is 5. The predicted molar refractivity (Wildman–Crippen MR) is 76.6 cm³/mol. The molecule has 0 aromatic carbocycles. The molecule has 0 saturated heterocycles. The fourth-order valence-electron chi connectivity index (χ4n) is 1.38. The number of thiophene rings is 1. The molecule has 19 heavy (non-hydrogen) atoms. The SMILES string of the molecule is CS(=O)(=O)CCC(N)c1nc(-c2cc(Br)cs2)no1. The molecule has 2 aromatic heterocycles. The van der Waals surface area contributed by atoms with Crippen LogP contribution >= 0.6 is 27.3 Å². The Morgan fingerprint density at radius 2 is 2.32 bits per heavy atom. The summed E-state index contributed by atoms with van der Waals surface area (Å²) in [6, 6.07) is 1.31. The molecule has 2 rings (SSSR count). The maximum Gasteiger partial charge on any atom is 0.243 e. The summed E-state index contributed by atoms with van der Waals surface area (Å²) in [5, 5.41) is 5.75. The van der Waals surface area contributed by atoms with E-state index in [0.717, 1.165) is 9.35 Å². The van der Waals surface area contributed by atoms with Crippen LogP contribution in [0, 0.1) is 0 Å². The molecule has 0 saturated carbocycles. The van der Waals surface area contributed by atoms with Gasteiger partial charge in [0.2, 0.25) is 11.7 Å². The summed E-state index contributed by atoms with van der Waals surface area (Å²) in [6.45, 7) is 0. The second-order valence-corrected chi connectivity index (χ2v) is 8.20. The highest BCUT2D eigenvalue weighted by Gasteiger charge is 2.18. The van der Waals surface area contributed by atoms with Crippen LogP contribution in [0.3, 0.4) is 0 Å². The molecule has 0 aliphatic rings. The van der Waals surface area contributed by atoms with Crippen LogP contribution < -0.4 is 5.73 Å². The lowest BCUT2D eigenvalue weighted by Gasteiger charge is -2.04. The van der Waals surface area contributed by atoms with E-state index in [4.69, 9.17) is 10.3 Å². The minimum Gasteiger partial charge on any atom is -0.337 e. The number of halogens is 1. The largest absolute Gasteiger partial charge is 0.337 e. The quantitative estimate of drug-likeness (QED) is 0.869. The van der Waals surface area contributed by atoms with Crippen molar-refractivity contribution < 1.29 is 12.9 Å². The molecule has 2 N–H and O–H groups in total. The summed E-state index contributed by atoms with van der Waals surface area (Å²) in [5.41, 5.74) is 5.83. The fourth-order valence-corrected chi connectivity index (χ4v) is 3.41. The molecular formula is C10H12BrN3O3S2. The van der Waals surface area contributed by atoms with Crippen molar-refractivity contribution >= 4 is 37.1 Å². The van der Waals surface area contributed by atoms with Gasteiger partial charge in [-0.1, -0.05) is 5.16 Å². The van der Waals surface area contributed by atoms with Crippen molar-refractivity contribution in [1.29, 1.82) is 0 Å². The molecule has 1 atom stereocenters. The molecule has 0 spiro atoms. The highest BCUT2D eigenvalue weighted by molar-refractivity contribution is 9.10. The summed E-state index contributed by atoms with van der Waals surface area (Å²) in [6.07, 6.45) is 1.43. The Labute approximate surface area is 123 Å². The van der Waals surface area contributed by atoms with Gasteiger partial charge in [0, 0.05) is 16.1 Å². The van der Waals surface area contributed by atoms with Crippen LogP contribution in [0.2, 0.25) is 0 Å². The third-order valence-electron chi connectivity index (χ3n) is 2.35. The van der Waals surface area contributed by atoms with Gasteiger partial charge >= 0.3 is 0 Å². The van der Waals surface area contributed by atoms with Gasteiger partial charge in [0.15, 0.2) is 0 Å². The molecule has 6 nitrogen and oxygen atoms in total. The monoisotopic (exact) mass is 365 g/mol. The van der Waals surface area contributed by atoms with Gasteiger partial charge in [-0.3, -0.25) is 0 Å². The van der Waals surface area contributed by atoms with Gasteiger partial charge < -0.3 is 10.3 Å². The van der Waals surface area contributed by atoms with Crippen LogP contribution in [0.15, 0.2) is 20.4 Å². The van der Waals surface area contributed by atoms with Crippen molar-refractivity contribution in [3.8, 4) is 10.7 Å². The van der Waals surface area contributed by atoms with Gasteiger partial charge in [-0.05, 0) is 28.4 Å². The van der Waals surface area contributed by atoms with Gasteiger partial charge in [-0.2, -0.15) is 4.98 Å². The molecular weight excluding hydrogens is 354 g/mol. The Kier molecular flexibility index (Phi) is 4.39. The van der Waals surface area contributed by atoms with E-state index in [1.807, 2.05) is 11.4 Å². The van der Waals surface area contributed by atoms with E-state index < -0.39 is 15.9 Å². The second-order valence-electron chi connectivity index (χ2n) is 4.11. The smallest absolute Gasteiger partial charge is 0.243 e. The molecule has 0 radical (unpaired) electrons. The first kappa shape index (κ1) is 14.6. The number of nitrogens with zero attached hydrogens (tertiary/aromatic N) is 2. The third-order valence-corrected chi connectivity index (χ3v) is 5.01. The first-order valence-corrected chi connectivity index (χ1v) is 9.10. The summed E-state index contributed by atoms with van der Waals surface area (Å²) in [7, 11) is -3.04. The van der Waals surface area contributed by atoms with Crippen molar-refractivity contribution in [1.82, 2.24) is 10.1 Å². The van der Waals surface area contributed by atoms with Crippen LogP contribution in [0.25, 0.3) is 10.7 Å². The minimum absolute atomic E-state index is 0.00354. The van der Waals surface area contributed by atoms with Crippen molar-refractivity contribution in [2.75, 3.05) is 12.0 Å². The zero-order valence-electron chi connectivity index (χ0n) is 10.0. The molecule has 9 heteroatoms. The Bertz CT molecular complexity index is 665. The number of aromatic nitrogens is 2. The molecule has 0 aliphatic heterocycles. The molecule has 2 heterocycles. The normalized spacial score (nSPS) is 13.6. The summed E-state index contributed by atoms with van der Waals surface area (Å²) in [5.74, 6) is 0.708. The van der Waals surface area contributed by atoms with Gasteiger partial charge in [-0.15, -0.1) is 11.3 Å². The van der Waals surface area contributed by atoms with Crippen LogP contribution in [0.4, 0.5) is 0 Å². The Morgan fingerprint density at radius 3 is 2.89 bits per heavy atom. The van der Waals surface area contributed by atoms with Crippen LogP contribution in [0.5, 0.6) is 0 Å². The molecule has 0 aliphatic carbocycles. The van der Waals surface area contributed by atoms with E-state index >= 15 is 0 Å².